The normalized spacial score (nSPS) is 16.2. The first-order valence-electron chi connectivity index (χ1n) is 18.5. The standard InChI is InChI=1S/C47H30N6/c1-27-44(49-35-17-7-3-13-29(35)30-14-4-8-18-36(30)49)28(2)53-47-42-39(50-37-19-9-5-15-31(37)33-23-25-40(52(27)53)43(47)45(33)50)24-22-34-32-16-6-10-20-38(32)51(46(34)42)41-21-11-12-26-48(41)47/h3-26H,1-2H3/q+2. The van der Waals surface area contributed by atoms with Crippen molar-refractivity contribution in [1.29, 1.82) is 0 Å². The summed E-state index contributed by atoms with van der Waals surface area (Å²) >= 11 is 0. The van der Waals surface area contributed by atoms with Crippen LogP contribution < -0.4 is 9.25 Å². The van der Waals surface area contributed by atoms with Crippen LogP contribution in [0.1, 0.15) is 22.5 Å². The second-order valence-electron chi connectivity index (χ2n) is 15.0. The van der Waals surface area contributed by atoms with Crippen LogP contribution >= 0.6 is 0 Å². The number of hydrogen-bond donors (Lipinski definition) is 0. The summed E-state index contributed by atoms with van der Waals surface area (Å²) in [6, 6.07) is 51.8. The highest BCUT2D eigenvalue weighted by Gasteiger charge is 2.69. The van der Waals surface area contributed by atoms with Gasteiger partial charge in [0.15, 0.2) is 5.52 Å². The lowest BCUT2D eigenvalue weighted by Gasteiger charge is -2.33. The first kappa shape index (κ1) is 26.8. The molecule has 3 aliphatic rings. The molecule has 0 saturated heterocycles. The van der Waals surface area contributed by atoms with E-state index >= 15 is 0 Å². The molecule has 5 aromatic heterocycles. The SMILES string of the molecule is Cc1c(-n2c3ccccc3c3ccccc32)c(C)[n+]2n1-c1ccc3c4ccccc4n4c3c1C21c2c-4ccc3c4ccccc4n(c23)-c2cccc[n+]21. The van der Waals surface area contributed by atoms with Gasteiger partial charge >= 0.3 is 5.66 Å². The fourth-order valence-corrected chi connectivity index (χ4v) is 11.1. The molecule has 6 aromatic carbocycles. The van der Waals surface area contributed by atoms with Gasteiger partial charge in [-0.2, -0.15) is 9.13 Å². The molecule has 0 amide bonds. The van der Waals surface area contributed by atoms with E-state index in [9.17, 15) is 0 Å². The highest BCUT2D eigenvalue weighted by molar-refractivity contribution is 6.16. The Kier molecular flexibility index (Phi) is 4.34. The zero-order valence-electron chi connectivity index (χ0n) is 29.0. The van der Waals surface area contributed by atoms with Crippen LogP contribution in [-0.4, -0.2) is 18.4 Å². The Morgan fingerprint density at radius 1 is 0.453 bits per heavy atom. The van der Waals surface area contributed by atoms with Crippen LogP contribution in [0.4, 0.5) is 0 Å². The largest absolute Gasteiger partial charge is 0.394 e. The lowest BCUT2D eigenvalue weighted by molar-refractivity contribution is -0.995. The monoisotopic (exact) mass is 678 g/mol. The first-order chi connectivity index (χ1) is 26.2. The molecular weight excluding hydrogens is 649 g/mol. The van der Waals surface area contributed by atoms with Crippen LogP contribution in [0, 0.1) is 13.8 Å². The molecule has 1 unspecified atom stereocenters. The molecule has 11 aromatic rings. The number of aromatic nitrogens is 6. The molecule has 0 fully saturated rings. The summed E-state index contributed by atoms with van der Waals surface area (Å²) in [5.74, 6) is 1.16. The second-order valence-corrected chi connectivity index (χ2v) is 15.0. The van der Waals surface area contributed by atoms with E-state index in [1.165, 1.54) is 105 Å². The number of pyridine rings is 1. The van der Waals surface area contributed by atoms with Crippen LogP contribution in [0.5, 0.6) is 0 Å². The van der Waals surface area contributed by atoms with Gasteiger partial charge in [-0.15, -0.1) is 4.68 Å². The maximum absolute atomic E-state index is 2.65. The lowest BCUT2D eigenvalue weighted by Crippen LogP contribution is -2.77. The van der Waals surface area contributed by atoms with Crippen molar-refractivity contribution in [2.24, 2.45) is 0 Å². The maximum Gasteiger partial charge on any atom is 0.394 e. The Morgan fingerprint density at radius 2 is 0.943 bits per heavy atom. The number of fused-ring (bicyclic) bond motifs is 14. The molecule has 6 nitrogen and oxygen atoms in total. The van der Waals surface area contributed by atoms with Crippen LogP contribution in [-0.2, 0) is 5.66 Å². The quantitative estimate of drug-likeness (QED) is 0.155. The van der Waals surface area contributed by atoms with Crippen LogP contribution in [0.25, 0.3) is 88.3 Å². The second kappa shape index (κ2) is 8.57. The Labute approximate surface area is 302 Å². The van der Waals surface area contributed by atoms with Crippen LogP contribution in [0.2, 0.25) is 0 Å². The van der Waals surface area contributed by atoms with Crippen molar-refractivity contribution in [3.63, 3.8) is 0 Å². The molecule has 1 spiro atoms. The van der Waals surface area contributed by atoms with Crippen molar-refractivity contribution in [3.05, 3.63) is 168 Å². The van der Waals surface area contributed by atoms with Gasteiger partial charge in [0.25, 0.3) is 5.82 Å². The first-order valence-corrected chi connectivity index (χ1v) is 18.5. The van der Waals surface area contributed by atoms with Crippen molar-refractivity contribution in [3.8, 4) is 22.9 Å². The average Bonchev–Trinajstić information content (AvgIpc) is 3.97. The number of rotatable bonds is 1. The molecular formula is C47H30N6+2. The molecule has 8 heterocycles. The Bertz CT molecular complexity index is 3500. The molecule has 246 valence electrons. The van der Waals surface area contributed by atoms with E-state index in [4.69, 9.17) is 0 Å². The van der Waals surface area contributed by atoms with Gasteiger partial charge in [0.2, 0.25) is 5.69 Å². The van der Waals surface area contributed by atoms with Gasteiger partial charge in [-0.05, 0) is 67.6 Å². The Balaban J connectivity index is 1.28. The number of para-hydroxylation sites is 4. The molecule has 0 bridgehead atoms. The molecule has 3 aliphatic heterocycles. The number of benzene rings is 6. The summed E-state index contributed by atoms with van der Waals surface area (Å²) in [6.07, 6.45) is 2.32. The van der Waals surface area contributed by atoms with Crippen molar-refractivity contribution in [2.75, 3.05) is 0 Å². The molecule has 1 atom stereocenters. The third-order valence-corrected chi connectivity index (χ3v) is 12.8. The highest BCUT2D eigenvalue weighted by atomic mass is 15.6. The van der Waals surface area contributed by atoms with Gasteiger partial charge < -0.3 is 9.13 Å². The molecule has 0 saturated carbocycles. The summed E-state index contributed by atoms with van der Waals surface area (Å²) in [5, 5.41) is 7.68. The van der Waals surface area contributed by atoms with Crippen molar-refractivity contribution >= 4 is 65.4 Å². The fourth-order valence-electron chi connectivity index (χ4n) is 11.1. The topological polar surface area (TPSA) is 27.5 Å². The van der Waals surface area contributed by atoms with Gasteiger partial charge in [-0.1, -0.05) is 77.5 Å². The van der Waals surface area contributed by atoms with E-state index in [1.807, 2.05) is 0 Å². The maximum atomic E-state index is 2.65. The zero-order chi connectivity index (χ0) is 34.5. The molecule has 0 N–H and O–H groups in total. The van der Waals surface area contributed by atoms with Crippen LogP contribution in [0.15, 0.2) is 146 Å². The summed E-state index contributed by atoms with van der Waals surface area (Å²) in [7, 11) is 0. The summed E-state index contributed by atoms with van der Waals surface area (Å²) in [4.78, 5) is 0. The van der Waals surface area contributed by atoms with E-state index in [0.717, 1.165) is 5.82 Å². The Morgan fingerprint density at radius 3 is 1.58 bits per heavy atom. The third kappa shape index (κ3) is 2.64. The van der Waals surface area contributed by atoms with Gasteiger partial charge in [0, 0.05) is 45.3 Å². The minimum atomic E-state index is -0.707. The van der Waals surface area contributed by atoms with Crippen molar-refractivity contribution in [1.82, 2.24) is 18.4 Å². The van der Waals surface area contributed by atoms with Crippen molar-refractivity contribution < 1.29 is 9.25 Å². The van der Waals surface area contributed by atoms with Crippen LogP contribution in [0.3, 0.4) is 0 Å². The van der Waals surface area contributed by atoms with E-state index in [-0.39, 0.29) is 0 Å². The molecule has 53 heavy (non-hydrogen) atoms. The third-order valence-electron chi connectivity index (χ3n) is 12.8. The van der Waals surface area contributed by atoms with Gasteiger partial charge in [-0.25, -0.2) is 0 Å². The summed E-state index contributed by atoms with van der Waals surface area (Å²) < 4.78 is 15.4. The Hall–Kier alpha value is -6.92. The average molecular weight is 679 g/mol. The van der Waals surface area contributed by atoms with E-state index < -0.39 is 5.66 Å². The summed E-state index contributed by atoms with van der Waals surface area (Å²) in [6.45, 7) is 4.66. The van der Waals surface area contributed by atoms with Gasteiger partial charge in [0.05, 0.1) is 34.0 Å². The molecule has 6 heteroatoms. The predicted octanol–water partition coefficient (Wildman–Crippen LogP) is 9.20. The number of nitrogens with zero attached hydrogens (tertiary/aromatic N) is 6. The molecule has 0 aliphatic carbocycles. The number of hydrogen-bond acceptors (Lipinski definition) is 0. The van der Waals surface area contributed by atoms with E-state index in [2.05, 4.69) is 187 Å². The van der Waals surface area contributed by atoms with Gasteiger partial charge in [-0.3, -0.25) is 0 Å². The highest BCUT2D eigenvalue weighted by Crippen LogP contribution is 2.55. The minimum absolute atomic E-state index is 0.707. The van der Waals surface area contributed by atoms with Crippen molar-refractivity contribution in [2.45, 2.75) is 19.5 Å². The molecule has 14 rings (SSSR count). The summed E-state index contributed by atoms with van der Waals surface area (Å²) in [5.41, 5.74) is 15.5. The predicted molar refractivity (Wildman–Crippen MR) is 210 cm³/mol. The van der Waals surface area contributed by atoms with Gasteiger partial charge in [0.1, 0.15) is 33.7 Å². The molecule has 0 radical (unpaired) electrons. The lowest BCUT2D eigenvalue weighted by atomic mass is 9.82. The van der Waals surface area contributed by atoms with E-state index in [0.29, 0.717) is 0 Å². The zero-order valence-corrected chi connectivity index (χ0v) is 29.0. The smallest absolute Gasteiger partial charge is 0.307 e. The van der Waals surface area contributed by atoms with E-state index in [1.54, 1.807) is 0 Å². The minimum Gasteiger partial charge on any atom is -0.307 e. The fraction of sp³-hybridized carbons (Fsp3) is 0.0638.